The summed E-state index contributed by atoms with van der Waals surface area (Å²) >= 11 is 0. The lowest BCUT2D eigenvalue weighted by Gasteiger charge is -2.13. The molecule has 0 radical (unpaired) electrons. The summed E-state index contributed by atoms with van der Waals surface area (Å²) in [6.45, 7) is 8.07. The number of hydrogen-bond donors (Lipinski definition) is 2. The van der Waals surface area contributed by atoms with E-state index in [9.17, 15) is 0 Å². The molecule has 1 rings (SSSR count). The smallest absolute Gasteiger partial charge is 0.00792 e. The van der Waals surface area contributed by atoms with Gasteiger partial charge in [-0.2, -0.15) is 0 Å². The van der Waals surface area contributed by atoms with Crippen molar-refractivity contribution in [1.29, 1.82) is 0 Å². The van der Waals surface area contributed by atoms with Crippen LogP contribution in [-0.4, -0.2) is 25.7 Å². The lowest BCUT2D eigenvalue weighted by Crippen LogP contribution is -2.33. The average molecular weight is 212 g/mol. The molecule has 0 bridgehead atoms. The van der Waals surface area contributed by atoms with Crippen LogP contribution in [0, 0.1) is 5.92 Å². The molecule has 1 aliphatic rings. The molecule has 0 amide bonds. The van der Waals surface area contributed by atoms with E-state index in [-0.39, 0.29) is 0 Å². The number of hydrogen-bond acceptors (Lipinski definition) is 2. The van der Waals surface area contributed by atoms with E-state index in [4.69, 9.17) is 0 Å². The molecule has 15 heavy (non-hydrogen) atoms. The molecule has 90 valence electrons. The maximum atomic E-state index is 3.57. The maximum Gasteiger partial charge on any atom is 0.00792 e. The van der Waals surface area contributed by atoms with Crippen molar-refractivity contribution in [1.82, 2.24) is 10.6 Å². The summed E-state index contributed by atoms with van der Waals surface area (Å²) in [7, 11) is 0. The Balaban J connectivity index is 1.76. The van der Waals surface area contributed by atoms with Gasteiger partial charge >= 0.3 is 0 Å². The van der Waals surface area contributed by atoms with Gasteiger partial charge in [-0.15, -0.1) is 0 Å². The van der Waals surface area contributed by atoms with Crippen LogP contribution in [0.1, 0.15) is 52.4 Å². The highest BCUT2D eigenvalue weighted by Crippen LogP contribution is 2.27. The Hall–Kier alpha value is -0.0800. The number of rotatable bonds is 10. The quantitative estimate of drug-likeness (QED) is 0.544. The highest BCUT2D eigenvalue weighted by molar-refractivity contribution is 4.75. The minimum Gasteiger partial charge on any atom is -0.315 e. The molecular weight excluding hydrogens is 184 g/mol. The van der Waals surface area contributed by atoms with Crippen LogP contribution in [0.15, 0.2) is 0 Å². The van der Waals surface area contributed by atoms with Gasteiger partial charge in [-0.3, -0.25) is 0 Å². The molecule has 0 aromatic heterocycles. The predicted octanol–water partition coefficient (Wildman–Crippen LogP) is 2.54. The first-order valence-corrected chi connectivity index (χ1v) is 6.77. The lowest BCUT2D eigenvalue weighted by molar-refractivity contribution is 0.477. The third-order valence-electron chi connectivity index (χ3n) is 3.17. The molecule has 0 heterocycles. The summed E-state index contributed by atoms with van der Waals surface area (Å²) in [5, 5.41) is 7.08. The van der Waals surface area contributed by atoms with Crippen LogP contribution in [-0.2, 0) is 0 Å². The van der Waals surface area contributed by atoms with E-state index in [1.807, 2.05) is 0 Å². The Morgan fingerprint density at radius 1 is 1.20 bits per heavy atom. The van der Waals surface area contributed by atoms with Gasteiger partial charge in [0.1, 0.15) is 0 Å². The second-order valence-electron chi connectivity index (χ2n) is 5.00. The van der Waals surface area contributed by atoms with Gasteiger partial charge in [0.2, 0.25) is 0 Å². The average Bonchev–Trinajstić information content (AvgIpc) is 3.02. The molecular formula is C13H28N2. The van der Waals surface area contributed by atoms with Crippen LogP contribution < -0.4 is 10.6 Å². The van der Waals surface area contributed by atoms with Crippen molar-refractivity contribution in [3.8, 4) is 0 Å². The van der Waals surface area contributed by atoms with E-state index >= 15 is 0 Å². The third kappa shape index (κ3) is 7.80. The van der Waals surface area contributed by atoms with Crippen molar-refractivity contribution in [3.63, 3.8) is 0 Å². The fraction of sp³-hybridized carbons (Fsp3) is 1.00. The van der Waals surface area contributed by atoms with Crippen LogP contribution in [0.4, 0.5) is 0 Å². The summed E-state index contributed by atoms with van der Waals surface area (Å²) in [5.41, 5.74) is 0. The summed E-state index contributed by atoms with van der Waals surface area (Å²) in [5.74, 6) is 1.01. The Morgan fingerprint density at radius 2 is 2.00 bits per heavy atom. The van der Waals surface area contributed by atoms with Crippen LogP contribution in [0.25, 0.3) is 0 Å². The van der Waals surface area contributed by atoms with Gasteiger partial charge in [-0.1, -0.05) is 26.2 Å². The largest absolute Gasteiger partial charge is 0.315 e. The fourth-order valence-electron chi connectivity index (χ4n) is 1.84. The van der Waals surface area contributed by atoms with Gasteiger partial charge in [0.05, 0.1) is 0 Å². The molecule has 1 unspecified atom stereocenters. The van der Waals surface area contributed by atoms with E-state index in [1.165, 1.54) is 45.1 Å². The summed E-state index contributed by atoms with van der Waals surface area (Å²) in [4.78, 5) is 0. The van der Waals surface area contributed by atoms with Crippen molar-refractivity contribution < 1.29 is 0 Å². The molecule has 2 N–H and O–H groups in total. The van der Waals surface area contributed by atoms with Gasteiger partial charge < -0.3 is 10.6 Å². The topological polar surface area (TPSA) is 24.1 Å². The van der Waals surface area contributed by atoms with Crippen molar-refractivity contribution >= 4 is 0 Å². The van der Waals surface area contributed by atoms with E-state index in [0.29, 0.717) is 6.04 Å². The van der Waals surface area contributed by atoms with Crippen molar-refractivity contribution in [2.75, 3.05) is 19.6 Å². The zero-order valence-electron chi connectivity index (χ0n) is 10.5. The van der Waals surface area contributed by atoms with Gasteiger partial charge in [0.25, 0.3) is 0 Å². The molecule has 2 heteroatoms. The first kappa shape index (κ1) is 13.0. The monoisotopic (exact) mass is 212 g/mol. The second kappa shape index (κ2) is 8.12. The van der Waals surface area contributed by atoms with Crippen LogP contribution >= 0.6 is 0 Å². The predicted molar refractivity (Wildman–Crippen MR) is 67.2 cm³/mol. The molecule has 1 aliphatic carbocycles. The minimum absolute atomic E-state index is 0.694. The first-order valence-electron chi connectivity index (χ1n) is 6.77. The summed E-state index contributed by atoms with van der Waals surface area (Å²) < 4.78 is 0. The SMILES string of the molecule is CCCCCC(C)NCCNCC1CC1. The zero-order chi connectivity index (χ0) is 10.9. The number of unbranched alkanes of at least 4 members (excludes halogenated alkanes) is 2. The van der Waals surface area contributed by atoms with E-state index in [0.717, 1.165) is 19.0 Å². The minimum atomic E-state index is 0.694. The van der Waals surface area contributed by atoms with Gasteiger partial charge in [0.15, 0.2) is 0 Å². The van der Waals surface area contributed by atoms with Gasteiger partial charge in [-0.05, 0) is 38.6 Å². The highest BCUT2D eigenvalue weighted by Gasteiger charge is 2.19. The van der Waals surface area contributed by atoms with Crippen LogP contribution in [0.3, 0.4) is 0 Å². The first-order chi connectivity index (χ1) is 7.33. The van der Waals surface area contributed by atoms with Gasteiger partial charge in [-0.25, -0.2) is 0 Å². The molecule has 0 saturated heterocycles. The van der Waals surface area contributed by atoms with Crippen molar-refractivity contribution in [2.24, 2.45) is 5.92 Å². The highest BCUT2D eigenvalue weighted by atomic mass is 15.0. The van der Waals surface area contributed by atoms with E-state index in [1.54, 1.807) is 0 Å². The van der Waals surface area contributed by atoms with Crippen molar-refractivity contribution in [2.45, 2.75) is 58.4 Å². The lowest BCUT2D eigenvalue weighted by atomic mass is 10.1. The van der Waals surface area contributed by atoms with E-state index < -0.39 is 0 Å². The molecule has 2 nitrogen and oxygen atoms in total. The number of nitrogens with one attached hydrogen (secondary N) is 2. The Kier molecular flexibility index (Phi) is 7.03. The van der Waals surface area contributed by atoms with Crippen LogP contribution in [0.5, 0.6) is 0 Å². The molecule has 0 aliphatic heterocycles. The standard InChI is InChI=1S/C13H28N2/c1-3-4-5-6-12(2)15-10-9-14-11-13-7-8-13/h12-15H,3-11H2,1-2H3. The van der Waals surface area contributed by atoms with Gasteiger partial charge in [0, 0.05) is 19.1 Å². The molecule has 1 atom stereocenters. The Labute approximate surface area is 95.2 Å². The molecule has 0 aromatic carbocycles. The Bertz CT molecular complexity index is 143. The molecule has 0 spiro atoms. The summed E-state index contributed by atoms with van der Waals surface area (Å²) in [6.07, 6.45) is 8.32. The third-order valence-corrected chi connectivity index (χ3v) is 3.17. The second-order valence-corrected chi connectivity index (χ2v) is 5.00. The normalized spacial score (nSPS) is 18.0. The molecule has 0 aromatic rings. The molecule has 1 fully saturated rings. The maximum absolute atomic E-state index is 3.57. The van der Waals surface area contributed by atoms with Crippen molar-refractivity contribution in [3.05, 3.63) is 0 Å². The zero-order valence-corrected chi connectivity index (χ0v) is 10.5. The van der Waals surface area contributed by atoms with Crippen LogP contribution in [0.2, 0.25) is 0 Å². The summed E-state index contributed by atoms with van der Waals surface area (Å²) in [6, 6.07) is 0.694. The van der Waals surface area contributed by atoms with E-state index in [2.05, 4.69) is 24.5 Å². The molecule has 1 saturated carbocycles. The fourth-order valence-corrected chi connectivity index (χ4v) is 1.84. The Morgan fingerprint density at radius 3 is 2.67 bits per heavy atom.